The quantitative estimate of drug-likeness (QED) is 0.330. The van der Waals surface area contributed by atoms with Crippen molar-refractivity contribution in [3.8, 4) is 11.5 Å². The van der Waals surface area contributed by atoms with Gasteiger partial charge in [-0.15, -0.1) is 0 Å². The van der Waals surface area contributed by atoms with Crippen LogP contribution in [0.4, 0.5) is 0 Å². The van der Waals surface area contributed by atoms with Crippen molar-refractivity contribution in [1.29, 1.82) is 0 Å². The van der Waals surface area contributed by atoms with Crippen LogP contribution in [0.15, 0.2) is 29.3 Å². The van der Waals surface area contributed by atoms with Gasteiger partial charge >= 0.3 is 0 Å². The van der Waals surface area contributed by atoms with Gasteiger partial charge in [-0.1, -0.05) is 0 Å². The van der Waals surface area contributed by atoms with Gasteiger partial charge < -0.3 is 29.6 Å². The SMILES string of the molecule is CN=C(NCCCOCC1CCCO1)NCCCOc1ccc(OC)cc1. The minimum atomic E-state index is 0.299. The zero-order valence-electron chi connectivity index (χ0n) is 16.5. The molecule has 1 aliphatic rings. The minimum Gasteiger partial charge on any atom is -0.497 e. The summed E-state index contributed by atoms with van der Waals surface area (Å²) in [4.78, 5) is 4.22. The highest BCUT2D eigenvalue weighted by molar-refractivity contribution is 5.79. The van der Waals surface area contributed by atoms with Crippen LogP contribution < -0.4 is 20.1 Å². The lowest BCUT2D eigenvalue weighted by molar-refractivity contribution is 0.0168. The maximum absolute atomic E-state index is 5.71. The van der Waals surface area contributed by atoms with Crippen LogP contribution in [0, 0.1) is 0 Å². The Morgan fingerprint density at radius 3 is 2.44 bits per heavy atom. The Labute approximate surface area is 162 Å². The molecule has 27 heavy (non-hydrogen) atoms. The van der Waals surface area contributed by atoms with Gasteiger partial charge in [0.05, 0.1) is 26.4 Å². The summed E-state index contributed by atoms with van der Waals surface area (Å²) in [6.07, 6.45) is 4.40. The van der Waals surface area contributed by atoms with Crippen molar-refractivity contribution in [2.24, 2.45) is 4.99 Å². The second kappa shape index (κ2) is 13.2. The number of nitrogens with zero attached hydrogens (tertiary/aromatic N) is 1. The van der Waals surface area contributed by atoms with Crippen LogP contribution in [0.3, 0.4) is 0 Å². The number of ether oxygens (including phenoxy) is 4. The van der Waals surface area contributed by atoms with E-state index in [0.29, 0.717) is 19.3 Å². The summed E-state index contributed by atoms with van der Waals surface area (Å²) in [5, 5.41) is 6.58. The number of methoxy groups -OCH3 is 1. The van der Waals surface area contributed by atoms with Crippen LogP contribution in [0.2, 0.25) is 0 Å². The molecule has 0 bridgehead atoms. The van der Waals surface area contributed by atoms with Gasteiger partial charge in [-0.2, -0.15) is 0 Å². The van der Waals surface area contributed by atoms with Crippen molar-refractivity contribution in [3.63, 3.8) is 0 Å². The first-order valence-electron chi connectivity index (χ1n) is 9.72. The van der Waals surface area contributed by atoms with Crippen LogP contribution >= 0.6 is 0 Å². The van der Waals surface area contributed by atoms with E-state index in [4.69, 9.17) is 18.9 Å². The van der Waals surface area contributed by atoms with Crippen LogP contribution in [0.5, 0.6) is 11.5 Å². The number of guanidine groups is 1. The number of hydrogen-bond donors (Lipinski definition) is 2. The lowest BCUT2D eigenvalue weighted by Gasteiger charge is -2.13. The molecule has 0 amide bonds. The summed E-state index contributed by atoms with van der Waals surface area (Å²) in [5.74, 6) is 2.48. The fourth-order valence-corrected chi connectivity index (χ4v) is 2.73. The third kappa shape index (κ3) is 8.97. The summed E-state index contributed by atoms with van der Waals surface area (Å²) in [7, 11) is 3.43. The summed E-state index contributed by atoms with van der Waals surface area (Å²) in [6, 6.07) is 7.61. The number of aliphatic imine (C=N–C) groups is 1. The molecule has 1 saturated heterocycles. The van der Waals surface area contributed by atoms with Gasteiger partial charge in [0.15, 0.2) is 5.96 Å². The highest BCUT2D eigenvalue weighted by atomic mass is 16.5. The minimum absolute atomic E-state index is 0.299. The molecule has 2 rings (SSSR count). The van der Waals surface area contributed by atoms with E-state index in [-0.39, 0.29) is 0 Å². The Morgan fingerprint density at radius 2 is 1.81 bits per heavy atom. The molecule has 0 saturated carbocycles. The smallest absolute Gasteiger partial charge is 0.190 e. The van der Waals surface area contributed by atoms with E-state index in [1.54, 1.807) is 14.2 Å². The van der Waals surface area contributed by atoms with Crippen LogP contribution in [0.1, 0.15) is 25.7 Å². The Bertz CT molecular complexity index is 531. The first-order valence-corrected chi connectivity index (χ1v) is 9.72. The largest absolute Gasteiger partial charge is 0.497 e. The monoisotopic (exact) mass is 379 g/mol. The van der Waals surface area contributed by atoms with E-state index in [0.717, 1.165) is 69.4 Å². The predicted octanol–water partition coefficient (Wildman–Crippen LogP) is 2.21. The normalized spacial score (nSPS) is 17.0. The molecule has 1 aromatic carbocycles. The molecule has 7 heteroatoms. The number of nitrogens with one attached hydrogen (secondary N) is 2. The molecule has 1 atom stereocenters. The summed E-state index contributed by atoms with van der Waals surface area (Å²) in [6.45, 7) is 4.59. The Hall–Kier alpha value is -1.99. The molecular formula is C20H33N3O4. The Balaban J connectivity index is 1.44. The predicted molar refractivity (Wildman–Crippen MR) is 107 cm³/mol. The van der Waals surface area contributed by atoms with E-state index in [1.807, 2.05) is 24.3 Å². The third-order valence-corrected chi connectivity index (χ3v) is 4.25. The van der Waals surface area contributed by atoms with Crippen molar-refractivity contribution < 1.29 is 18.9 Å². The lowest BCUT2D eigenvalue weighted by Crippen LogP contribution is -2.38. The van der Waals surface area contributed by atoms with E-state index in [2.05, 4.69) is 15.6 Å². The standard InChI is InChI=1S/C20H33N3O4/c1-21-20(22-11-4-13-25-16-19-6-3-14-27-19)23-12-5-15-26-18-9-7-17(24-2)8-10-18/h7-10,19H,3-6,11-16H2,1-2H3,(H2,21,22,23). The zero-order valence-corrected chi connectivity index (χ0v) is 16.5. The molecule has 0 aliphatic carbocycles. The maximum Gasteiger partial charge on any atom is 0.190 e. The fraction of sp³-hybridized carbons (Fsp3) is 0.650. The van der Waals surface area contributed by atoms with Crippen LogP contribution in [0.25, 0.3) is 0 Å². The fourth-order valence-electron chi connectivity index (χ4n) is 2.73. The van der Waals surface area contributed by atoms with Gasteiger partial charge in [-0.25, -0.2) is 0 Å². The topological polar surface area (TPSA) is 73.3 Å². The van der Waals surface area contributed by atoms with Gasteiger partial charge in [0.25, 0.3) is 0 Å². The molecule has 1 heterocycles. The second-order valence-corrected chi connectivity index (χ2v) is 6.37. The molecule has 2 N–H and O–H groups in total. The highest BCUT2D eigenvalue weighted by Gasteiger charge is 2.14. The van der Waals surface area contributed by atoms with Gasteiger partial charge in [0.2, 0.25) is 0 Å². The molecule has 152 valence electrons. The number of benzene rings is 1. The van der Waals surface area contributed by atoms with Crippen molar-refractivity contribution in [2.75, 3.05) is 53.7 Å². The average molecular weight is 380 g/mol. The molecule has 1 aromatic rings. The molecule has 1 unspecified atom stereocenters. The molecule has 7 nitrogen and oxygen atoms in total. The molecule has 1 fully saturated rings. The van der Waals surface area contributed by atoms with E-state index < -0.39 is 0 Å². The van der Waals surface area contributed by atoms with Gasteiger partial charge in [0.1, 0.15) is 11.5 Å². The maximum atomic E-state index is 5.71. The van der Waals surface area contributed by atoms with Crippen LogP contribution in [-0.2, 0) is 9.47 Å². The number of rotatable bonds is 12. The van der Waals surface area contributed by atoms with E-state index >= 15 is 0 Å². The van der Waals surface area contributed by atoms with Crippen molar-refractivity contribution in [1.82, 2.24) is 10.6 Å². The molecule has 0 spiro atoms. The summed E-state index contributed by atoms with van der Waals surface area (Å²) < 4.78 is 22.0. The van der Waals surface area contributed by atoms with Gasteiger partial charge in [0, 0.05) is 33.4 Å². The first-order chi connectivity index (χ1) is 13.3. The van der Waals surface area contributed by atoms with Crippen molar-refractivity contribution in [3.05, 3.63) is 24.3 Å². The molecule has 0 aromatic heterocycles. The van der Waals surface area contributed by atoms with Gasteiger partial charge in [-0.3, -0.25) is 4.99 Å². The van der Waals surface area contributed by atoms with E-state index in [9.17, 15) is 0 Å². The average Bonchev–Trinajstić information content (AvgIpc) is 3.22. The molecule has 1 aliphatic heterocycles. The molecule has 0 radical (unpaired) electrons. The lowest BCUT2D eigenvalue weighted by atomic mass is 10.2. The number of hydrogen-bond acceptors (Lipinski definition) is 5. The highest BCUT2D eigenvalue weighted by Crippen LogP contribution is 2.16. The van der Waals surface area contributed by atoms with E-state index in [1.165, 1.54) is 0 Å². The molecular weight excluding hydrogens is 346 g/mol. The Morgan fingerprint density at radius 1 is 1.11 bits per heavy atom. The van der Waals surface area contributed by atoms with Crippen LogP contribution in [-0.4, -0.2) is 65.7 Å². The van der Waals surface area contributed by atoms with Crippen molar-refractivity contribution >= 4 is 5.96 Å². The van der Waals surface area contributed by atoms with Gasteiger partial charge in [-0.05, 0) is 49.9 Å². The first kappa shape index (κ1) is 21.3. The zero-order chi connectivity index (χ0) is 19.2. The summed E-state index contributed by atoms with van der Waals surface area (Å²) in [5.41, 5.74) is 0. The van der Waals surface area contributed by atoms with Crippen molar-refractivity contribution in [2.45, 2.75) is 31.8 Å². The summed E-state index contributed by atoms with van der Waals surface area (Å²) >= 11 is 0. The Kier molecular flexibility index (Phi) is 10.4. The third-order valence-electron chi connectivity index (χ3n) is 4.25. The second-order valence-electron chi connectivity index (χ2n) is 6.37.